The summed E-state index contributed by atoms with van der Waals surface area (Å²) in [6, 6.07) is 7.78. The largest absolute Gasteiger partial charge is 0.369 e. The molecule has 1 aromatic heterocycles. The zero-order valence-electron chi connectivity index (χ0n) is 13.0. The van der Waals surface area contributed by atoms with Crippen LogP contribution in [0.5, 0.6) is 0 Å². The average Bonchev–Trinajstić information content (AvgIpc) is 3.05. The van der Waals surface area contributed by atoms with E-state index in [-0.39, 0.29) is 23.4 Å². The molecule has 2 N–H and O–H groups in total. The van der Waals surface area contributed by atoms with Crippen molar-refractivity contribution in [2.75, 3.05) is 13.1 Å². The molecule has 0 aliphatic carbocycles. The number of amides is 2. The molecule has 120 valence electrons. The Morgan fingerprint density at radius 1 is 1.26 bits per heavy atom. The number of primary amides is 1. The predicted octanol–water partition coefficient (Wildman–Crippen LogP) is 0.913. The second-order valence-corrected chi connectivity index (χ2v) is 5.88. The lowest BCUT2D eigenvalue weighted by Crippen LogP contribution is -2.44. The normalized spacial score (nSPS) is 18.0. The van der Waals surface area contributed by atoms with E-state index in [1.165, 1.54) is 0 Å². The first-order chi connectivity index (χ1) is 11.0. The second kappa shape index (κ2) is 6.20. The fraction of sp³-hybridized carbons (Fsp3) is 0.375. The van der Waals surface area contributed by atoms with Crippen LogP contribution in [0.4, 0.5) is 0 Å². The Balaban J connectivity index is 1.75. The van der Waals surface area contributed by atoms with E-state index >= 15 is 0 Å². The molecule has 3 rings (SSSR count). The van der Waals surface area contributed by atoms with Gasteiger partial charge in [-0.3, -0.25) is 9.59 Å². The van der Waals surface area contributed by atoms with Crippen molar-refractivity contribution in [3.05, 3.63) is 41.7 Å². The van der Waals surface area contributed by atoms with Crippen molar-refractivity contribution < 1.29 is 9.59 Å². The fourth-order valence-electron chi connectivity index (χ4n) is 2.74. The number of nitrogens with two attached hydrogens (primary N) is 1. The van der Waals surface area contributed by atoms with E-state index in [1.807, 2.05) is 31.2 Å². The third-order valence-corrected chi connectivity index (χ3v) is 4.12. The summed E-state index contributed by atoms with van der Waals surface area (Å²) in [6.07, 6.45) is 3.11. The molecular formula is C16H19N5O2. The number of carbonyl (C=O) groups is 2. The van der Waals surface area contributed by atoms with Crippen molar-refractivity contribution >= 4 is 11.8 Å². The number of nitrogens with zero attached hydrogens (tertiary/aromatic N) is 4. The van der Waals surface area contributed by atoms with Crippen LogP contribution in [0, 0.1) is 12.8 Å². The summed E-state index contributed by atoms with van der Waals surface area (Å²) in [5.74, 6) is -0.847. The molecule has 2 aromatic rings. The topological polar surface area (TPSA) is 94.1 Å². The van der Waals surface area contributed by atoms with Crippen LogP contribution in [0.15, 0.2) is 30.5 Å². The molecule has 0 radical (unpaired) electrons. The Bertz CT molecular complexity index is 722. The monoisotopic (exact) mass is 313 g/mol. The van der Waals surface area contributed by atoms with Gasteiger partial charge in [0.15, 0.2) is 5.69 Å². The van der Waals surface area contributed by atoms with Gasteiger partial charge in [-0.25, -0.2) is 4.68 Å². The Labute approximate surface area is 134 Å². The quantitative estimate of drug-likeness (QED) is 0.911. The molecule has 0 bridgehead atoms. The number of carbonyl (C=O) groups excluding carboxylic acids is 2. The molecule has 2 amide bonds. The van der Waals surface area contributed by atoms with E-state index in [0.717, 1.165) is 24.1 Å². The SMILES string of the molecule is Cc1ccc(-n2cc(C(=O)N3CCCC(C(N)=O)C3)nn2)cc1. The van der Waals surface area contributed by atoms with E-state index in [9.17, 15) is 9.59 Å². The third kappa shape index (κ3) is 3.23. The highest BCUT2D eigenvalue weighted by atomic mass is 16.2. The molecule has 7 nitrogen and oxygen atoms in total. The first-order valence-corrected chi connectivity index (χ1v) is 7.62. The minimum Gasteiger partial charge on any atom is -0.369 e. The molecule has 1 fully saturated rings. The van der Waals surface area contributed by atoms with E-state index < -0.39 is 0 Å². The lowest BCUT2D eigenvalue weighted by atomic mass is 9.97. The van der Waals surface area contributed by atoms with E-state index in [1.54, 1.807) is 15.8 Å². The first kappa shape index (κ1) is 15.2. The van der Waals surface area contributed by atoms with Gasteiger partial charge in [0.1, 0.15) is 0 Å². The number of hydrogen-bond acceptors (Lipinski definition) is 4. The van der Waals surface area contributed by atoms with Gasteiger partial charge < -0.3 is 10.6 Å². The van der Waals surface area contributed by atoms with E-state index in [0.29, 0.717) is 13.1 Å². The first-order valence-electron chi connectivity index (χ1n) is 7.62. The minimum absolute atomic E-state index is 0.214. The number of hydrogen-bond donors (Lipinski definition) is 1. The van der Waals surface area contributed by atoms with Gasteiger partial charge in [-0.05, 0) is 31.9 Å². The third-order valence-electron chi connectivity index (χ3n) is 4.12. The highest BCUT2D eigenvalue weighted by molar-refractivity contribution is 5.92. The summed E-state index contributed by atoms with van der Waals surface area (Å²) in [6.45, 7) is 2.97. The lowest BCUT2D eigenvalue weighted by Gasteiger charge is -2.30. The number of piperidine rings is 1. The Hall–Kier alpha value is -2.70. The summed E-state index contributed by atoms with van der Waals surface area (Å²) in [5, 5.41) is 7.98. The van der Waals surface area contributed by atoms with Crippen molar-refractivity contribution in [3.63, 3.8) is 0 Å². The number of aryl methyl sites for hydroxylation is 1. The minimum atomic E-state index is -0.356. The molecule has 1 aliphatic rings. The van der Waals surface area contributed by atoms with Gasteiger partial charge in [0.05, 0.1) is 17.8 Å². The highest BCUT2D eigenvalue weighted by Crippen LogP contribution is 2.18. The van der Waals surface area contributed by atoms with Crippen molar-refractivity contribution in [1.82, 2.24) is 19.9 Å². The summed E-state index contributed by atoms with van der Waals surface area (Å²) >= 11 is 0. The maximum Gasteiger partial charge on any atom is 0.276 e. The zero-order valence-corrected chi connectivity index (χ0v) is 13.0. The molecule has 23 heavy (non-hydrogen) atoms. The molecular weight excluding hydrogens is 294 g/mol. The molecule has 1 saturated heterocycles. The van der Waals surface area contributed by atoms with Crippen LogP contribution in [-0.4, -0.2) is 44.8 Å². The Kier molecular flexibility index (Phi) is 4.10. The van der Waals surface area contributed by atoms with Crippen molar-refractivity contribution in [3.8, 4) is 5.69 Å². The molecule has 1 atom stereocenters. The number of benzene rings is 1. The molecule has 1 unspecified atom stereocenters. The van der Waals surface area contributed by atoms with Crippen LogP contribution >= 0.6 is 0 Å². The predicted molar refractivity (Wildman–Crippen MR) is 83.9 cm³/mol. The second-order valence-electron chi connectivity index (χ2n) is 5.88. The smallest absolute Gasteiger partial charge is 0.276 e. The standard InChI is InChI=1S/C16H19N5O2/c1-11-4-6-13(7-5-11)21-10-14(18-19-21)16(23)20-8-2-3-12(9-20)15(17)22/h4-7,10,12H,2-3,8-9H2,1H3,(H2,17,22). The number of aromatic nitrogens is 3. The van der Waals surface area contributed by atoms with Gasteiger partial charge in [-0.2, -0.15) is 0 Å². The Morgan fingerprint density at radius 2 is 2.00 bits per heavy atom. The summed E-state index contributed by atoms with van der Waals surface area (Å²) in [5.41, 5.74) is 7.62. The number of likely N-dealkylation sites (tertiary alicyclic amines) is 1. The maximum atomic E-state index is 12.5. The summed E-state index contributed by atoms with van der Waals surface area (Å²) in [7, 11) is 0. The van der Waals surface area contributed by atoms with E-state index in [4.69, 9.17) is 5.73 Å². The lowest BCUT2D eigenvalue weighted by molar-refractivity contribution is -0.123. The van der Waals surface area contributed by atoms with Crippen molar-refractivity contribution in [2.45, 2.75) is 19.8 Å². The van der Waals surface area contributed by atoms with Gasteiger partial charge in [0, 0.05) is 13.1 Å². The maximum absolute atomic E-state index is 12.5. The van der Waals surface area contributed by atoms with E-state index in [2.05, 4.69) is 10.3 Å². The molecule has 7 heteroatoms. The van der Waals surface area contributed by atoms with Crippen molar-refractivity contribution in [2.24, 2.45) is 11.7 Å². The summed E-state index contributed by atoms with van der Waals surface area (Å²) in [4.78, 5) is 25.5. The molecule has 0 spiro atoms. The van der Waals surface area contributed by atoms with Gasteiger partial charge in [0.25, 0.3) is 5.91 Å². The van der Waals surface area contributed by atoms with Crippen molar-refractivity contribution in [1.29, 1.82) is 0 Å². The van der Waals surface area contributed by atoms with Gasteiger partial charge >= 0.3 is 0 Å². The van der Waals surface area contributed by atoms with Gasteiger partial charge in [0.2, 0.25) is 5.91 Å². The molecule has 1 aromatic carbocycles. The molecule has 1 aliphatic heterocycles. The number of rotatable bonds is 3. The van der Waals surface area contributed by atoms with Crippen LogP contribution in [0.1, 0.15) is 28.9 Å². The van der Waals surface area contributed by atoms with Crippen LogP contribution in [-0.2, 0) is 4.79 Å². The van der Waals surface area contributed by atoms with Crippen LogP contribution in [0.25, 0.3) is 5.69 Å². The average molecular weight is 313 g/mol. The molecule has 0 saturated carbocycles. The zero-order chi connectivity index (χ0) is 16.4. The van der Waals surface area contributed by atoms with Crippen LogP contribution in [0.3, 0.4) is 0 Å². The highest BCUT2D eigenvalue weighted by Gasteiger charge is 2.28. The Morgan fingerprint density at radius 3 is 2.70 bits per heavy atom. The van der Waals surface area contributed by atoms with Gasteiger partial charge in [-0.1, -0.05) is 22.9 Å². The van der Waals surface area contributed by atoms with Gasteiger partial charge in [-0.15, -0.1) is 5.10 Å². The molecule has 2 heterocycles. The van der Waals surface area contributed by atoms with Crippen LogP contribution in [0.2, 0.25) is 0 Å². The summed E-state index contributed by atoms with van der Waals surface area (Å²) < 4.78 is 1.57. The fourth-order valence-corrected chi connectivity index (χ4v) is 2.74. The van der Waals surface area contributed by atoms with Crippen LogP contribution < -0.4 is 5.73 Å².